The first kappa shape index (κ1) is 26.2. The number of nitrogens with two attached hydrogens (primary N) is 1. The third-order valence-electron chi connectivity index (χ3n) is 5.82. The Kier molecular flexibility index (Phi) is 7.86. The number of hydrogen-bond acceptors (Lipinski definition) is 8. The van der Waals surface area contributed by atoms with E-state index in [2.05, 4.69) is 26.1 Å². The average molecular weight is 521 g/mol. The number of anilines is 1. The molecule has 4 aromatic heterocycles. The van der Waals surface area contributed by atoms with Crippen molar-refractivity contribution in [1.82, 2.24) is 19.6 Å². The Hall–Kier alpha value is -4.92. The predicted molar refractivity (Wildman–Crippen MR) is 137 cm³/mol. The molecule has 0 saturated carbocycles. The molecule has 2 N–H and O–H groups in total. The first-order chi connectivity index (χ1) is 18.3. The van der Waals surface area contributed by atoms with Crippen molar-refractivity contribution in [3.05, 3.63) is 78.3 Å². The van der Waals surface area contributed by atoms with Crippen molar-refractivity contribution in [1.29, 1.82) is 5.26 Å². The molecule has 4 heterocycles. The average Bonchev–Trinajstić information content (AvgIpc) is 3.37. The monoisotopic (exact) mass is 520 g/mol. The van der Waals surface area contributed by atoms with E-state index in [-0.39, 0.29) is 11.8 Å². The van der Waals surface area contributed by atoms with E-state index in [4.69, 9.17) is 10.5 Å². The fourth-order valence-electron chi connectivity index (χ4n) is 3.70. The Morgan fingerprint density at radius 1 is 1.24 bits per heavy atom. The summed E-state index contributed by atoms with van der Waals surface area (Å²) in [5.74, 6) is 0.528. The highest BCUT2D eigenvalue weighted by Crippen LogP contribution is 2.32. The fourth-order valence-corrected chi connectivity index (χ4v) is 3.70. The highest BCUT2D eigenvalue weighted by atomic mass is 19.3. The minimum absolute atomic E-state index is 0.114. The number of pyridine rings is 3. The summed E-state index contributed by atoms with van der Waals surface area (Å²) >= 11 is 0. The van der Waals surface area contributed by atoms with Gasteiger partial charge in [0.25, 0.3) is 6.43 Å². The van der Waals surface area contributed by atoms with Gasteiger partial charge in [-0.25, -0.2) is 32.6 Å². The SMILES string of the molecule is CC(c1ccc(N=CC(F)=CN)nc1)N(C)c1ccc(-c2cc(OCC(F)F)cn3ncc(C#N)c23)cn1. The van der Waals surface area contributed by atoms with Crippen LogP contribution in [0.3, 0.4) is 0 Å². The maximum Gasteiger partial charge on any atom is 0.272 e. The van der Waals surface area contributed by atoms with Crippen molar-refractivity contribution in [2.24, 2.45) is 10.7 Å². The van der Waals surface area contributed by atoms with Gasteiger partial charge in [0.15, 0.2) is 11.6 Å². The smallest absolute Gasteiger partial charge is 0.272 e. The maximum absolute atomic E-state index is 13.1. The second-order valence-electron chi connectivity index (χ2n) is 8.21. The van der Waals surface area contributed by atoms with Crippen molar-refractivity contribution in [2.45, 2.75) is 19.4 Å². The van der Waals surface area contributed by atoms with E-state index in [1.807, 2.05) is 37.1 Å². The van der Waals surface area contributed by atoms with Crippen LogP contribution in [0, 0.1) is 11.3 Å². The largest absolute Gasteiger partial charge is 0.486 e. The van der Waals surface area contributed by atoms with Gasteiger partial charge >= 0.3 is 0 Å². The Morgan fingerprint density at radius 2 is 2.05 bits per heavy atom. The standard InChI is InChI=1S/C26H23F3N8O/c1-16(17-3-5-24(32-10-17)33-13-20(27)9-31)36(2)25-6-4-18(11-34-25)22-7-21(38-15-23(28)29)14-37-26(22)19(8-30)12-35-37/h3-7,9-14,16,23H,15,31H2,1-2H3. The van der Waals surface area contributed by atoms with Crippen LogP contribution in [-0.4, -0.2) is 45.9 Å². The molecule has 0 fully saturated rings. The summed E-state index contributed by atoms with van der Waals surface area (Å²) in [5.41, 5.74) is 8.04. The molecule has 0 aliphatic heterocycles. The molecular formula is C26H23F3N8O. The number of fused-ring (bicyclic) bond motifs is 1. The van der Waals surface area contributed by atoms with Crippen LogP contribution < -0.4 is 15.4 Å². The van der Waals surface area contributed by atoms with Crippen LogP contribution in [0.25, 0.3) is 16.6 Å². The summed E-state index contributed by atoms with van der Waals surface area (Å²) in [5, 5.41) is 13.7. The number of hydrogen-bond donors (Lipinski definition) is 1. The fraction of sp³-hybridized carbons (Fsp3) is 0.192. The molecule has 0 aliphatic carbocycles. The summed E-state index contributed by atoms with van der Waals surface area (Å²) in [4.78, 5) is 14.7. The molecule has 194 valence electrons. The van der Waals surface area contributed by atoms with Gasteiger partial charge in [-0.1, -0.05) is 6.07 Å². The number of aliphatic imine (C=N–C) groups is 1. The van der Waals surface area contributed by atoms with Gasteiger partial charge < -0.3 is 15.4 Å². The third kappa shape index (κ3) is 5.73. The van der Waals surface area contributed by atoms with E-state index in [0.717, 1.165) is 18.0 Å². The molecule has 0 radical (unpaired) electrons. The first-order valence-electron chi connectivity index (χ1n) is 11.4. The van der Waals surface area contributed by atoms with Crippen molar-refractivity contribution in [3.8, 4) is 22.9 Å². The van der Waals surface area contributed by atoms with Crippen LogP contribution in [0.1, 0.15) is 24.1 Å². The first-order valence-corrected chi connectivity index (χ1v) is 11.4. The Bertz CT molecular complexity index is 1510. The molecule has 0 amide bonds. The van der Waals surface area contributed by atoms with Gasteiger partial charge in [-0.3, -0.25) is 0 Å². The molecule has 1 atom stereocenters. The van der Waals surface area contributed by atoms with E-state index in [1.54, 1.807) is 24.5 Å². The van der Waals surface area contributed by atoms with Gasteiger partial charge in [-0.15, -0.1) is 0 Å². The topological polar surface area (TPSA) is 118 Å². The lowest BCUT2D eigenvalue weighted by Gasteiger charge is -2.26. The highest BCUT2D eigenvalue weighted by molar-refractivity contribution is 5.85. The number of rotatable bonds is 9. The van der Waals surface area contributed by atoms with E-state index >= 15 is 0 Å². The van der Waals surface area contributed by atoms with Crippen LogP contribution in [0.5, 0.6) is 5.75 Å². The Labute approximate surface area is 216 Å². The molecular weight excluding hydrogens is 497 g/mol. The molecule has 4 aromatic rings. The molecule has 0 aromatic carbocycles. The van der Waals surface area contributed by atoms with Gasteiger partial charge in [-0.05, 0) is 36.8 Å². The zero-order valence-electron chi connectivity index (χ0n) is 20.5. The predicted octanol–water partition coefficient (Wildman–Crippen LogP) is 4.98. The normalized spacial score (nSPS) is 12.7. The highest BCUT2D eigenvalue weighted by Gasteiger charge is 2.17. The van der Waals surface area contributed by atoms with Crippen molar-refractivity contribution in [2.75, 3.05) is 18.6 Å². The number of alkyl halides is 2. The second-order valence-corrected chi connectivity index (χ2v) is 8.21. The lowest BCUT2D eigenvalue weighted by molar-refractivity contribution is 0.0816. The minimum atomic E-state index is -2.63. The van der Waals surface area contributed by atoms with Crippen LogP contribution in [0.15, 0.2) is 72.1 Å². The van der Waals surface area contributed by atoms with Gasteiger partial charge in [0, 0.05) is 36.8 Å². The quantitative estimate of drug-likeness (QED) is 0.309. The van der Waals surface area contributed by atoms with Crippen LogP contribution in [0.4, 0.5) is 24.8 Å². The number of halogens is 3. The summed E-state index contributed by atoms with van der Waals surface area (Å²) in [7, 11) is 1.88. The number of aromatic nitrogens is 4. The van der Waals surface area contributed by atoms with Crippen molar-refractivity contribution < 1.29 is 17.9 Å². The molecule has 4 rings (SSSR count). The lowest BCUT2D eigenvalue weighted by Crippen LogP contribution is -2.22. The summed E-state index contributed by atoms with van der Waals surface area (Å²) in [6.45, 7) is 1.21. The lowest BCUT2D eigenvalue weighted by atomic mass is 10.0. The maximum atomic E-state index is 13.1. The van der Waals surface area contributed by atoms with Crippen LogP contribution >= 0.6 is 0 Å². The third-order valence-corrected chi connectivity index (χ3v) is 5.82. The summed E-state index contributed by atoms with van der Waals surface area (Å²) < 4.78 is 45.1. The Balaban J connectivity index is 1.58. The number of nitrogens with zero attached hydrogens (tertiary/aromatic N) is 7. The van der Waals surface area contributed by atoms with Gasteiger partial charge in [0.05, 0.1) is 35.7 Å². The minimum Gasteiger partial charge on any atom is -0.486 e. The second kappa shape index (κ2) is 11.4. The van der Waals surface area contributed by atoms with E-state index < -0.39 is 18.9 Å². The molecule has 0 saturated heterocycles. The molecule has 38 heavy (non-hydrogen) atoms. The molecule has 12 heteroatoms. The van der Waals surface area contributed by atoms with Gasteiger partial charge in [0.1, 0.15) is 24.2 Å². The van der Waals surface area contributed by atoms with Crippen molar-refractivity contribution >= 4 is 23.4 Å². The van der Waals surface area contributed by atoms with Crippen molar-refractivity contribution in [3.63, 3.8) is 0 Å². The number of allylic oxidation sites excluding steroid dienone is 1. The van der Waals surface area contributed by atoms with E-state index in [0.29, 0.717) is 33.8 Å². The molecule has 0 spiro atoms. The van der Waals surface area contributed by atoms with Crippen LogP contribution in [0.2, 0.25) is 0 Å². The summed E-state index contributed by atoms with van der Waals surface area (Å²) in [6, 6.07) is 10.7. The number of nitriles is 1. The molecule has 0 bridgehead atoms. The molecule has 9 nitrogen and oxygen atoms in total. The zero-order valence-corrected chi connectivity index (χ0v) is 20.5. The zero-order chi connectivity index (χ0) is 27.2. The van der Waals surface area contributed by atoms with E-state index in [9.17, 15) is 18.4 Å². The Morgan fingerprint density at radius 3 is 2.68 bits per heavy atom. The molecule has 1 unspecified atom stereocenters. The van der Waals surface area contributed by atoms with Gasteiger partial charge in [0.2, 0.25) is 0 Å². The van der Waals surface area contributed by atoms with Gasteiger partial charge in [-0.2, -0.15) is 10.4 Å². The number of ether oxygens (including phenoxy) is 1. The van der Waals surface area contributed by atoms with Crippen LogP contribution in [-0.2, 0) is 0 Å². The summed E-state index contributed by atoms with van der Waals surface area (Å²) in [6.07, 6.45) is 5.31. The van der Waals surface area contributed by atoms with E-state index in [1.165, 1.54) is 16.9 Å². The molecule has 0 aliphatic rings.